The number of alkyl halides is 3. The Morgan fingerprint density at radius 1 is 1.33 bits per heavy atom. The average Bonchev–Trinajstić information content (AvgIpc) is 2.36. The fraction of sp³-hybridized carbons (Fsp3) is 0.0909. The zero-order chi connectivity index (χ0) is 15.6. The number of hydrogen-bond donors (Lipinski definition) is 2. The van der Waals surface area contributed by atoms with E-state index in [0.29, 0.717) is 17.8 Å². The van der Waals surface area contributed by atoms with Gasteiger partial charge in [0.1, 0.15) is 22.6 Å². The van der Waals surface area contributed by atoms with Crippen molar-refractivity contribution in [2.45, 2.75) is 16.4 Å². The minimum Gasteiger partial charge on any atom is -0.383 e. The lowest BCUT2D eigenvalue weighted by atomic mass is 10.2. The van der Waals surface area contributed by atoms with E-state index < -0.39 is 17.4 Å². The lowest BCUT2D eigenvalue weighted by molar-refractivity contribution is -0.141. The quantitative estimate of drug-likeness (QED) is 0.818. The molecule has 0 amide bonds. The molecule has 0 saturated heterocycles. The number of nitrogens with zero attached hydrogens (tertiary/aromatic N) is 3. The topological polar surface area (TPSA) is 108 Å². The van der Waals surface area contributed by atoms with Crippen LogP contribution in [-0.4, -0.2) is 15.0 Å². The molecule has 0 radical (unpaired) electrons. The predicted octanol–water partition coefficient (Wildman–Crippen LogP) is 1.79. The van der Waals surface area contributed by atoms with Crippen LogP contribution >= 0.6 is 11.8 Å². The van der Waals surface area contributed by atoms with E-state index in [1.54, 1.807) is 6.07 Å². The van der Waals surface area contributed by atoms with E-state index in [1.165, 1.54) is 0 Å². The van der Waals surface area contributed by atoms with Gasteiger partial charge < -0.3 is 10.7 Å². The van der Waals surface area contributed by atoms with E-state index in [1.807, 2.05) is 0 Å². The van der Waals surface area contributed by atoms with E-state index in [-0.39, 0.29) is 21.6 Å². The van der Waals surface area contributed by atoms with Gasteiger partial charge in [-0.2, -0.15) is 18.4 Å². The van der Waals surface area contributed by atoms with Gasteiger partial charge in [0.05, 0.1) is 5.56 Å². The van der Waals surface area contributed by atoms with Gasteiger partial charge in [-0.05, 0) is 23.9 Å². The monoisotopic (exact) mass is 313 g/mol. The molecular weight excluding hydrogens is 307 g/mol. The highest BCUT2D eigenvalue weighted by Crippen LogP contribution is 2.32. The van der Waals surface area contributed by atoms with Crippen LogP contribution in [-0.2, 0) is 6.18 Å². The molecule has 2 heterocycles. The van der Waals surface area contributed by atoms with Crippen LogP contribution in [0.1, 0.15) is 11.3 Å². The van der Waals surface area contributed by atoms with Gasteiger partial charge in [0.15, 0.2) is 5.16 Å². The molecular formula is C11H6F3N5OS. The van der Waals surface area contributed by atoms with Crippen molar-refractivity contribution in [1.82, 2.24) is 15.0 Å². The van der Waals surface area contributed by atoms with Crippen molar-refractivity contribution >= 4 is 17.6 Å². The first-order valence-electron chi connectivity index (χ1n) is 5.32. The van der Waals surface area contributed by atoms with Crippen molar-refractivity contribution < 1.29 is 13.2 Å². The van der Waals surface area contributed by atoms with Gasteiger partial charge in [0.25, 0.3) is 5.56 Å². The van der Waals surface area contributed by atoms with Crippen LogP contribution in [0.15, 0.2) is 33.2 Å². The van der Waals surface area contributed by atoms with Gasteiger partial charge in [-0.1, -0.05) is 0 Å². The van der Waals surface area contributed by atoms with E-state index in [2.05, 4.69) is 15.0 Å². The van der Waals surface area contributed by atoms with Crippen LogP contribution < -0.4 is 11.3 Å². The molecule has 0 unspecified atom stereocenters. The molecule has 2 aromatic rings. The van der Waals surface area contributed by atoms with Crippen molar-refractivity contribution in [1.29, 1.82) is 5.26 Å². The second kappa shape index (κ2) is 5.45. The molecule has 2 aromatic heterocycles. The summed E-state index contributed by atoms with van der Waals surface area (Å²) in [6.07, 6.45) is -4.64. The molecule has 0 aliphatic carbocycles. The number of nitrogens with two attached hydrogens (primary N) is 1. The lowest BCUT2D eigenvalue weighted by Crippen LogP contribution is -2.11. The maximum absolute atomic E-state index is 12.6. The zero-order valence-corrected chi connectivity index (χ0v) is 10.9. The molecule has 0 aliphatic heterocycles. The number of pyridine rings is 1. The van der Waals surface area contributed by atoms with Crippen LogP contribution in [0.25, 0.3) is 0 Å². The van der Waals surface area contributed by atoms with Crippen molar-refractivity contribution in [3.05, 3.63) is 39.8 Å². The minimum atomic E-state index is -4.64. The van der Waals surface area contributed by atoms with Crippen molar-refractivity contribution in [2.24, 2.45) is 0 Å². The van der Waals surface area contributed by atoms with Crippen LogP contribution in [0, 0.1) is 11.3 Å². The molecule has 0 spiro atoms. The number of aromatic nitrogens is 3. The van der Waals surface area contributed by atoms with Gasteiger partial charge in [0, 0.05) is 6.07 Å². The predicted molar refractivity (Wildman–Crippen MR) is 67.3 cm³/mol. The molecule has 3 N–H and O–H groups in total. The van der Waals surface area contributed by atoms with E-state index in [9.17, 15) is 18.0 Å². The summed E-state index contributed by atoms with van der Waals surface area (Å²) < 4.78 is 37.9. The third-order valence-electron chi connectivity index (χ3n) is 2.20. The molecule has 21 heavy (non-hydrogen) atoms. The number of halogens is 3. The van der Waals surface area contributed by atoms with Crippen LogP contribution in [0.2, 0.25) is 0 Å². The Kier molecular flexibility index (Phi) is 3.86. The first kappa shape index (κ1) is 14.9. The second-order valence-electron chi connectivity index (χ2n) is 3.74. The Hall–Kier alpha value is -2.54. The number of rotatable bonds is 2. The van der Waals surface area contributed by atoms with Gasteiger partial charge >= 0.3 is 6.18 Å². The Balaban J connectivity index is 2.47. The molecule has 0 aromatic carbocycles. The third kappa shape index (κ3) is 3.51. The second-order valence-corrected chi connectivity index (χ2v) is 4.71. The van der Waals surface area contributed by atoms with Crippen molar-refractivity contribution in [3.63, 3.8) is 0 Å². The number of H-pyrrole nitrogens is 1. The SMILES string of the molecule is N#Cc1ccc(C(F)(F)F)nc1Sc1nc(N)cc(=O)[nH]1. The first-order chi connectivity index (χ1) is 9.79. The molecule has 0 aliphatic rings. The lowest BCUT2D eigenvalue weighted by Gasteiger charge is -2.08. The number of hydrogen-bond acceptors (Lipinski definition) is 6. The summed E-state index contributed by atoms with van der Waals surface area (Å²) >= 11 is 0.617. The summed E-state index contributed by atoms with van der Waals surface area (Å²) in [5.41, 5.74) is 3.60. The van der Waals surface area contributed by atoms with Gasteiger partial charge in [0.2, 0.25) is 0 Å². The summed E-state index contributed by atoms with van der Waals surface area (Å²) in [7, 11) is 0. The van der Waals surface area contributed by atoms with E-state index in [4.69, 9.17) is 11.0 Å². The number of nitrogen functional groups attached to an aromatic ring is 1. The van der Waals surface area contributed by atoms with Crippen LogP contribution in [0.5, 0.6) is 0 Å². The molecule has 2 rings (SSSR count). The molecule has 108 valence electrons. The summed E-state index contributed by atoms with van der Waals surface area (Å²) in [5.74, 6) is -0.0910. The van der Waals surface area contributed by atoms with Crippen molar-refractivity contribution in [2.75, 3.05) is 5.73 Å². The molecule has 6 nitrogen and oxygen atoms in total. The number of aromatic amines is 1. The Bertz CT molecular complexity index is 781. The van der Waals surface area contributed by atoms with Gasteiger partial charge in [-0.25, -0.2) is 9.97 Å². The maximum atomic E-state index is 12.6. The Morgan fingerprint density at radius 3 is 2.62 bits per heavy atom. The molecule has 10 heteroatoms. The highest BCUT2D eigenvalue weighted by Gasteiger charge is 2.33. The summed E-state index contributed by atoms with van der Waals surface area (Å²) in [5, 5.41) is 8.62. The molecule has 0 fully saturated rings. The van der Waals surface area contributed by atoms with Gasteiger partial charge in [-0.3, -0.25) is 4.79 Å². The summed E-state index contributed by atoms with van der Waals surface area (Å²) in [6.45, 7) is 0. The Labute approximate surface area is 119 Å². The standard InChI is InChI=1S/C11H6F3N5OS/c12-11(13,14)6-2-1-5(4-15)9(17-6)21-10-18-7(16)3-8(20)19-10/h1-3H,(H3,16,18,19,20). The molecule has 0 atom stereocenters. The van der Waals surface area contributed by atoms with Gasteiger partial charge in [-0.15, -0.1) is 0 Å². The van der Waals surface area contributed by atoms with Crippen molar-refractivity contribution in [3.8, 4) is 6.07 Å². The fourth-order valence-corrected chi connectivity index (χ4v) is 2.21. The number of anilines is 1. The van der Waals surface area contributed by atoms with Crippen LogP contribution in [0.3, 0.4) is 0 Å². The van der Waals surface area contributed by atoms with Crippen LogP contribution in [0.4, 0.5) is 19.0 Å². The first-order valence-corrected chi connectivity index (χ1v) is 6.14. The summed E-state index contributed by atoms with van der Waals surface area (Å²) in [4.78, 5) is 20.7. The smallest absolute Gasteiger partial charge is 0.383 e. The minimum absolute atomic E-state index is 0.0525. The number of nitrogens with one attached hydrogen (secondary N) is 1. The van der Waals surface area contributed by atoms with E-state index in [0.717, 1.165) is 12.1 Å². The molecule has 0 saturated carbocycles. The zero-order valence-electron chi connectivity index (χ0n) is 10.1. The van der Waals surface area contributed by atoms with E-state index >= 15 is 0 Å². The molecule has 0 bridgehead atoms. The normalized spacial score (nSPS) is 11.1. The highest BCUT2D eigenvalue weighted by molar-refractivity contribution is 7.99. The largest absolute Gasteiger partial charge is 0.433 e. The average molecular weight is 313 g/mol. The fourth-order valence-electron chi connectivity index (χ4n) is 1.35. The highest BCUT2D eigenvalue weighted by atomic mass is 32.2. The Morgan fingerprint density at radius 2 is 2.05 bits per heavy atom. The number of nitriles is 1. The maximum Gasteiger partial charge on any atom is 0.433 e. The summed E-state index contributed by atoms with van der Waals surface area (Å²) in [6, 6.07) is 4.45. The third-order valence-corrected chi connectivity index (χ3v) is 3.10.